The number of nitrogens with one attached hydrogen (secondary N) is 1. The number of rotatable bonds is 7. The third-order valence-corrected chi connectivity index (χ3v) is 6.79. The fourth-order valence-electron chi connectivity index (χ4n) is 3.37. The molecule has 0 saturated carbocycles. The van der Waals surface area contributed by atoms with Crippen molar-refractivity contribution in [1.82, 2.24) is 4.31 Å². The van der Waals surface area contributed by atoms with Gasteiger partial charge in [0.05, 0.1) is 23.6 Å². The Morgan fingerprint density at radius 2 is 1.67 bits per heavy atom. The minimum Gasteiger partial charge on any atom is -0.462 e. The number of nitrogens with zero attached hydrogens (tertiary/aromatic N) is 1. The lowest BCUT2D eigenvalue weighted by molar-refractivity contribution is 0.0527. The van der Waals surface area contributed by atoms with Gasteiger partial charge in [-0.2, -0.15) is 0 Å². The van der Waals surface area contributed by atoms with Gasteiger partial charge in [-0.25, -0.2) is 17.5 Å². The molecule has 1 N–H and O–H groups in total. The van der Waals surface area contributed by atoms with Gasteiger partial charge >= 0.3 is 5.97 Å². The highest BCUT2D eigenvalue weighted by Crippen LogP contribution is 2.19. The molecule has 0 radical (unpaired) electrons. The average Bonchev–Trinajstić information content (AvgIpc) is 2.75. The van der Waals surface area contributed by atoms with Crippen molar-refractivity contribution < 1.29 is 22.7 Å². The molecule has 0 aromatic heterocycles. The molecule has 3 rings (SSSR count). The third-order valence-electron chi connectivity index (χ3n) is 4.94. The predicted molar refractivity (Wildman–Crippen MR) is 115 cm³/mol. The molecular weight excluding hydrogens is 404 g/mol. The van der Waals surface area contributed by atoms with E-state index in [1.807, 2.05) is 0 Å². The molecule has 30 heavy (non-hydrogen) atoms. The summed E-state index contributed by atoms with van der Waals surface area (Å²) in [6.45, 7) is 3.10. The quantitative estimate of drug-likeness (QED) is 0.680. The normalized spacial score (nSPS) is 14.8. The molecule has 7 nitrogen and oxygen atoms in total. The van der Waals surface area contributed by atoms with Crippen molar-refractivity contribution in [3.63, 3.8) is 0 Å². The minimum atomic E-state index is -3.36. The molecule has 1 fully saturated rings. The molecule has 1 aliphatic rings. The standard InChI is InChI=1S/C22H26N2O5S/c1-2-29-22(26)19-8-4-5-9-20(19)23-21(25)18-12-10-17(11-13-18)16-30(27,28)24-14-6-3-7-15-24/h4-5,8-13H,2-3,6-7,14-16H2,1H3,(H,23,25). The van der Waals surface area contributed by atoms with Gasteiger partial charge in [0.15, 0.2) is 0 Å². The van der Waals surface area contributed by atoms with E-state index in [1.54, 1.807) is 59.8 Å². The van der Waals surface area contributed by atoms with Crippen molar-refractivity contribution in [3.8, 4) is 0 Å². The summed E-state index contributed by atoms with van der Waals surface area (Å²) in [5.41, 5.74) is 1.63. The minimum absolute atomic E-state index is 0.0827. The van der Waals surface area contributed by atoms with Crippen LogP contribution in [0.25, 0.3) is 0 Å². The maximum atomic E-state index is 12.6. The SMILES string of the molecule is CCOC(=O)c1ccccc1NC(=O)c1ccc(CS(=O)(=O)N2CCCCC2)cc1. The molecule has 160 valence electrons. The number of amides is 1. The van der Waals surface area contributed by atoms with E-state index in [9.17, 15) is 18.0 Å². The van der Waals surface area contributed by atoms with Crippen molar-refractivity contribution >= 4 is 27.6 Å². The van der Waals surface area contributed by atoms with Crippen molar-refractivity contribution in [3.05, 3.63) is 65.2 Å². The van der Waals surface area contributed by atoms with E-state index < -0.39 is 21.9 Å². The summed E-state index contributed by atoms with van der Waals surface area (Å²) < 4.78 is 31.7. The van der Waals surface area contributed by atoms with Gasteiger partial charge in [0.25, 0.3) is 5.91 Å². The predicted octanol–water partition coefficient (Wildman–Crippen LogP) is 3.43. The van der Waals surface area contributed by atoms with Crippen LogP contribution in [0.5, 0.6) is 0 Å². The van der Waals surface area contributed by atoms with Gasteiger partial charge in [0.1, 0.15) is 0 Å². The first-order chi connectivity index (χ1) is 14.4. The molecule has 2 aromatic rings. The maximum Gasteiger partial charge on any atom is 0.340 e. The molecule has 0 spiro atoms. The molecule has 1 heterocycles. The Balaban J connectivity index is 1.68. The number of ether oxygens (including phenoxy) is 1. The zero-order valence-electron chi connectivity index (χ0n) is 17.0. The molecule has 0 bridgehead atoms. The monoisotopic (exact) mass is 430 g/mol. The van der Waals surface area contributed by atoms with Crippen LogP contribution in [0.4, 0.5) is 5.69 Å². The van der Waals surface area contributed by atoms with Crippen molar-refractivity contribution in [2.24, 2.45) is 0 Å². The summed E-state index contributed by atoms with van der Waals surface area (Å²) in [4.78, 5) is 24.7. The Kier molecular flexibility index (Phi) is 7.23. The van der Waals surface area contributed by atoms with Crippen LogP contribution in [0, 0.1) is 0 Å². The lowest BCUT2D eigenvalue weighted by Gasteiger charge is -2.25. The Labute approximate surface area is 177 Å². The highest BCUT2D eigenvalue weighted by Gasteiger charge is 2.24. The highest BCUT2D eigenvalue weighted by atomic mass is 32.2. The molecular formula is C22H26N2O5S. The third kappa shape index (κ3) is 5.46. The summed E-state index contributed by atoms with van der Waals surface area (Å²) in [6.07, 6.45) is 2.85. The van der Waals surface area contributed by atoms with Gasteiger partial charge in [-0.3, -0.25) is 4.79 Å². The number of piperidine rings is 1. The van der Waals surface area contributed by atoms with E-state index in [-0.39, 0.29) is 17.9 Å². The highest BCUT2D eigenvalue weighted by molar-refractivity contribution is 7.88. The lowest BCUT2D eigenvalue weighted by Crippen LogP contribution is -2.36. The van der Waals surface area contributed by atoms with E-state index in [0.29, 0.717) is 29.9 Å². The van der Waals surface area contributed by atoms with E-state index in [1.165, 1.54) is 0 Å². The van der Waals surface area contributed by atoms with E-state index >= 15 is 0 Å². The zero-order valence-corrected chi connectivity index (χ0v) is 17.8. The van der Waals surface area contributed by atoms with E-state index in [4.69, 9.17) is 4.74 Å². The summed E-state index contributed by atoms with van der Waals surface area (Å²) in [5.74, 6) is -0.982. The molecule has 0 atom stereocenters. The Morgan fingerprint density at radius 3 is 2.33 bits per heavy atom. The smallest absolute Gasteiger partial charge is 0.340 e. The number of anilines is 1. The first-order valence-corrected chi connectivity index (χ1v) is 11.7. The fourth-order valence-corrected chi connectivity index (χ4v) is 4.98. The zero-order chi connectivity index (χ0) is 21.6. The molecule has 8 heteroatoms. The Hall–Kier alpha value is -2.71. The number of carbonyl (C=O) groups is 2. The number of esters is 1. The molecule has 2 aromatic carbocycles. The topological polar surface area (TPSA) is 92.8 Å². The molecule has 1 aliphatic heterocycles. The van der Waals surface area contributed by atoms with Gasteiger partial charge in [-0.05, 0) is 49.6 Å². The number of carbonyl (C=O) groups excluding carboxylic acids is 2. The van der Waals surface area contributed by atoms with Crippen molar-refractivity contribution in [2.75, 3.05) is 25.0 Å². The van der Waals surface area contributed by atoms with Crippen LogP contribution >= 0.6 is 0 Å². The molecule has 1 saturated heterocycles. The Bertz CT molecular complexity index is 996. The summed E-state index contributed by atoms with van der Waals surface area (Å²) in [5, 5.41) is 2.72. The first-order valence-electron chi connectivity index (χ1n) is 10.0. The van der Waals surface area contributed by atoms with Crippen molar-refractivity contribution in [1.29, 1.82) is 0 Å². The van der Waals surface area contributed by atoms with Gasteiger partial charge in [0, 0.05) is 18.7 Å². The lowest BCUT2D eigenvalue weighted by atomic mass is 10.1. The van der Waals surface area contributed by atoms with Crippen LogP contribution in [-0.4, -0.2) is 44.3 Å². The first kappa shape index (κ1) is 22.0. The van der Waals surface area contributed by atoms with Crippen LogP contribution in [0.15, 0.2) is 48.5 Å². The van der Waals surface area contributed by atoms with Gasteiger partial charge < -0.3 is 10.1 Å². The largest absolute Gasteiger partial charge is 0.462 e. The van der Waals surface area contributed by atoms with Crippen LogP contribution in [0.3, 0.4) is 0 Å². The molecule has 1 amide bonds. The second kappa shape index (κ2) is 9.86. The van der Waals surface area contributed by atoms with E-state index in [0.717, 1.165) is 19.3 Å². The van der Waals surface area contributed by atoms with Crippen LogP contribution in [-0.2, 0) is 20.5 Å². The number of para-hydroxylation sites is 1. The fraction of sp³-hybridized carbons (Fsp3) is 0.364. The molecule has 0 aliphatic carbocycles. The Morgan fingerprint density at radius 1 is 1.00 bits per heavy atom. The number of hydrogen-bond donors (Lipinski definition) is 1. The average molecular weight is 431 g/mol. The molecule has 0 unspecified atom stereocenters. The van der Waals surface area contributed by atoms with E-state index in [2.05, 4.69) is 5.32 Å². The van der Waals surface area contributed by atoms with Gasteiger partial charge in [0.2, 0.25) is 10.0 Å². The van der Waals surface area contributed by atoms with Gasteiger partial charge in [-0.1, -0.05) is 30.7 Å². The van der Waals surface area contributed by atoms with Crippen LogP contribution in [0.2, 0.25) is 0 Å². The second-order valence-electron chi connectivity index (χ2n) is 7.13. The number of benzene rings is 2. The van der Waals surface area contributed by atoms with Crippen LogP contribution < -0.4 is 5.32 Å². The van der Waals surface area contributed by atoms with Crippen LogP contribution in [0.1, 0.15) is 52.5 Å². The maximum absolute atomic E-state index is 12.6. The van der Waals surface area contributed by atoms with Gasteiger partial charge in [-0.15, -0.1) is 0 Å². The van der Waals surface area contributed by atoms with Crippen molar-refractivity contribution in [2.45, 2.75) is 31.9 Å². The summed E-state index contributed by atoms with van der Waals surface area (Å²) in [7, 11) is -3.36. The number of hydrogen-bond acceptors (Lipinski definition) is 5. The number of sulfonamides is 1. The summed E-state index contributed by atoms with van der Waals surface area (Å²) >= 11 is 0. The second-order valence-corrected chi connectivity index (χ2v) is 9.10. The summed E-state index contributed by atoms with van der Waals surface area (Å²) in [6, 6.07) is 13.1.